The summed E-state index contributed by atoms with van der Waals surface area (Å²) in [6.45, 7) is 2.46. The van der Waals surface area contributed by atoms with Crippen LogP contribution in [-0.2, 0) is 0 Å². The van der Waals surface area contributed by atoms with Gasteiger partial charge in [0.15, 0.2) is 0 Å². The van der Waals surface area contributed by atoms with Gasteiger partial charge in [-0.15, -0.1) is 0 Å². The average Bonchev–Trinajstić information content (AvgIpc) is 2.40. The van der Waals surface area contributed by atoms with E-state index in [-0.39, 0.29) is 29.3 Å². The van der Waals surface area contributed by atoms with E-state index in [1.165, 1.54) is 12.1 Å². The molecule has 1 fully saturated rings. The maximum atomic E-state index is 12.6. The number of amides is 1. The minimum Gasteiger partial charge on any atom is -0.507 e. The molecule has 1 saturated heterocycles. The van der Waals surface area contributed by atoms with Gasteiger partial charge in [0.05, 0.1) is 5.56 Å². The maximum absolute atomic E-state index is 12.6. The lowest BCUT2D eigenvalue weighted by Crippen LogP contribution is -2.51. The van der Waals surface area contributed by atoms with Gasteiger partial charge in [-0.05, 0) is 44.4 Å². The molecule has 0 spiro atoms. The Labute approximate surface area is 118 Å². The van der Waals surface area contributed by atoms with E-state index in [1.54, 1.807) is 11.0 Å². The third-order valence-corrected chi connectivity index (χ3v) is 3.96. The van der Waals surface area contributed by atoms with E-state index in [0.29, 0.717) is 11.6 Å². The number of aromatic hydroxyl groups is 1. The zero-order chi connectivity index (χ0) is 14.0. The molecular formula is C14H19ClN2O2. The minimum atomic E-state index is -0.192. The van der Waals surface area contributed by atoms with Gasteiger partial charge in [-0.1, -0.05) is 11.6 Å². The summed E-state index contributed by atoms with van der Waals surface area (Å²) in [6, 6.07) is 4.69. The number of carbonyl (C=O) groups is 1. The van der Waals surface area contributed by atoms with Crippen molar-refractivity contribution < 1.29 is 9.90 Å². The van der Waals surface area contributed by atoms with Gasteiger partial charge in [0, 0.05) is 23.7 Å². The molecule has 1 heterocycles. The fourth-order valence-electron chi connectivity index (χ4n) is 2.70. The van der Waals surface area contributed by atoms with Crippen LogP contribution in [0.1, 0.15) is 36.5 Å². The standard InChI is InChI=1S/C14H19ClN2O2/c1-9-3-2-4-11(8-16)17(9)14(19)12-7-10(15)5-6-13(12)18/h5-7,9,11,18H,2-4,8,16H2,1H3. The molecule has 3 N–H and O–H groups in total. The Morgan fingerprint density at radius 1 is 1.53 bits per heavy atom. The molecule has 2 atom stereocenters. The molecule has 2 unspecified atom stereocenters. The van der Waals surface area contributed by atoms with Crippen LogP contribution in [0.5, 0.6) is 5.75 Å². The number of likely N-dealkylation sites (tertiary alicyclic amines) is 1. The van der Waals surface area contributed by atoms with E-state index < -0.39 is 0 Å². The van der Waals surface area contributed by atoms with Crippen molar-refractivity contribution in [3.63, 3.8) is 0 Å². The predicted molar refractivity (Wildman–Crippen MR) is 75.4 cm³/mol. The number of nitrogens with zero attached hydrogens (tertiary/aromatic N) is 1. The van der Waals surface area contributed by atoms with Crippen molar-refractivity contribution in [3.05, 3.63) is 28.8 Å². The van der Waals surface area contributed by atoms with Crippen molar-refractivity contribution in [3.8, 4) is 5.75 Å². The molecule has 1 aromatic carbocycles. The van der Waals surface area contributed by atoms with Gasteiger partial charge in [0.1, 0.15) is 5.75 Å². The third kappa shape index (κ3) is 2.85. The highest BCUT2D eigenvalue weighted by molar-refractivity contribution is 6.31. The lowest BCUT2D eigenvalue weighted by molar-refractivity contribution is 0.0491. The third-order valence-electron chi connectivity index (χ3n) is 3.72. The molecule has 0 bridgehead atoms. The Balaban J connectivity index is 2.33. The van der Waals surface area contributed by atoms with Crippen LogP contribution in [0.3, 0.4) is 0 Å². The van der Waals surface area contributed by atoms with E-state index in [9.17, 15) is 9.90 Å². The molecule has 1 aliphatic rings. The first kappa shape index (κ1) is 14.2. The number of hydrogen-bond donors (Lipinski definition) is 2. The summed E-state index contributed by atoms with van der Waals surface area (Å²) in [4.78, 5) is 14.4. The number of hydrogen-bond acceptors (Lipinski definition) is 3. The van der Waals surface area contributed by atoms with Gasteiger partial charge < -0.3 is 15.7 Å². The summed E-state index contributed by atoms with van der Waals surface area (Å²) in [5, 5.41) is 10.3. The fraction of sp³-hybridized carbons (Fsp3) is 0.500. The van der Waals surface area contributed by atoms with Crippen LogP contribution in [0, 0.1) is 0 Å². The van der Waals surface area contributed by atoms with Gasteiger partial charge in [0.2, 0.25) is 0 Å². The first-order valence-corrected chi connectivity index (χ1v) is 6.93. The van der Waals surface area contributed by atoms with Crippen LogP contribution < -0.4 is 5.73 Å². The van der Waals surface area contributed by atoms with E-state index in [4.69, 9.17) is 17.3 Å². The number of rotatable bonds is 2. The second-order valence-corrected chi connectivity index (χ2v) is 5.48. The largest absolute Gasteiger partial charge is 0.507 e. The van der Waals surface area contributed by atoms with Crippen LogP contribution >= 0.6 is 11.6 Å². The lowest BCUT2D eigenvalue weighted by atomic mass is 9.95. The SMILES string of the molecule is CC1CCCC(CN)N1C(=O)c1cc(Cl)ccc1O. The smallest absolute Gasteiger partial charge is 0.258 e. The van der Waals surface area contributed by atoms with Crippen LogP contribution in [0.15, 0.2) is 18.2 Å². The highest BCUT2D eigenvalue weighted by atomic mass is 35.5. The Kier molecular flexibility index (Phi) is 4.32. The lowest BCUT2D eigenvalue weighted by Gasteiger charge is -2.40. The fourth-order valence-corrected chi connectivity index (χ4v) is 2.88. The highest BCUT2D eigenvalue weighted by Crippen LogP contribution is 2.28. The number of nitrogens with two attached hydrogens (primary N) is 1. The van der Waals surface area contributed by atoms with E-state index in [1.807, 2.05) is 6.92 Å². The molecule has 5 heteroatoms. The molecule has 2 rings (SSSR count). The maximum Gasteiger partial charge on any atom is 0.258 e. The van der Waals surface area contributed by atoms with E-state index in [0.717, 1.165) is 19.3 Å². The zero-order valence-corrected chi connectivity index (χ0v) is 11.7. The van der Waals surface area contributed by atoms with Crippen LogP contribution in [0.25, 0.3) is 0 Å². The van der Waals surface area contributed by atoms with Gasteiger partial charge in [-0.3, -0.25) is 4.79 Å². The summed E-state index contributed by atoms with van der Waals surface area (Å²) < 4.78 is 0. The molecular weight excluding hydrogens is 264 g/mol. The Hall–Kier alpha value is -1.26. The first-order valence-electron chi connectivity index (χ1n) is 6.56. The van der Waals surface area contributed by atoms with Crippen molar-refractivity contribution in [1.82, 2.24) is 4.90 Å². The molecule has 0 aromatic heterocycles. The van der Waals surface area contributed by atoms with Crippen LogP contribution in [-0.4, -0.2) is 34.5 Å². The number of phenolic OH excluding ortho intramolecular Hbond substituents is 1. The minimum absolute atomic E-state index is 0.0367. The molecule has 1 aliphatic heterocycles. The van der Waals surface area contributed by atoms with Gasteiger partial charge in [-0.2, -0.15) is 0 Å². The second kappa shape index (κ2) is 5.80. The zero-order valence-electron chi connectivity index (χ0n) is 11.0. The highest BCUT2D eigenvalue weighted by Gasteiger charge is 2.32. The number of halogens is 1. The summed E-state index contributed by atoms with van der Waals surface area (Å²) in [7, 11) is 0. The van der Waals surface area contributed by atoms with Crippen molar-refractivity contribution in [2.75, 3.05) is 6.54 Å². The second-order valence-electron chi connectivity index (χ2n) is 5.04. The van der Waals surface area contributed by atoms with Crippen LogP contribution in [0.2, 0.25) is 5.02 Å². The number of benzene rings is 1. The average molecular weight is 283 g/mol. The number of phenols is 1. The van der Waals surface area contributed by atoms with Crippen molar-refractivity contribution >= 4 is 17.5 Å². The topological polar surface area (TPSA) is 66.6 Å². The first-order chi connectivity index (χ1) is 9.04. The summed E-state index contributed by atoms with van der Waals surface area (Å²) in [5.41, 5.74) is 6.01. The number of carbonyl (C=O) groups excluding carboxylic acids is 1. The Morgan fingerprint density at radius 2 is 2.26 bits per heavy atom. The van der Waals surface area contributed by atoms with E-state index >= 15 is 0 Å². The van der Waals surface area contributed by atoms with Gasteiger partial charge >= 0.3 is 0 Å². The van der Waals surface area contributed by atoms with Crippen LogP contribution in [0.4, 0.5) is 0 Å². The summed E-state index contributed by atoms with van der Waals surface area (Å²) >= 11 is 5.90. The normalized spacial score (nSPS) is 23.4. The van der Waals surface area contributed by atoms with Crippen molar-refractivity contribution in [2.24, 2.45) is 5.73 Å². The predicted octanol–water partition coefficient (Wildman–Crippen LogP) is 2.39. The molecule has 0 aliphatic carbocycles. The quantitative estimate of drug-likeness (QED) is 0.875. The molecule has 1 aromatic rings. The molecule has 1 amide bonds. The molecule has 4 nitrogen and oxygen atoms in total. The van der Waals surface area contributed by atoms with Crippen molar-refractivity contribution in [1.29, 1.82) is 0 Å². The summed E-state index contributed by atoms with van der Waals surface area (Å²) in [6.07, 6.45) is 2.95. The molecule has 104 valence electrons. The van der Waals surface area contributed by atoms with E-state index in [2.05, 4.69) is 0 Å². The molecule has 0 radical (unpaired) electrons. The molecule has 19 heavy (non-hydrogen) atoms. The monoisotopic (exact) mass is 282 g/mol. The van der Waals surface area contributed by atoms with Crippen molar-refractivity contribution in [2.45, 2.75) is 38.3 Å². The summed E-state index contributed by atoms with van der Waals surface area (Å²) in [5.74, 6) is -0.231. The molecule has 0 saturated carbocycles. The van der Waals surface area contributed by atoms with Gasteiger partial charge in [-0.25, -0.2) is 0 Å². The Morgan fingerprint density at radius 3 is 2.95 bits per heavy atom. The Bertz CT molecular complexity index is 479. The number of piperidine rings is 1. The van der Waals surface area contributed by atoms with Gasteiger partial charge in [0.25, 0.3) is 5.91 Å².